The van der Waals surface area contributed by atoms with Crippen molar-refractivity contribution in [1.29, 1.82) is 0 Å². The van der Waals surface area contributed by atoms with Crippen molar-refractivity contribution < 1.29 is 9.59 Å². The molecule has 0 saturated carbocycles. The maximum Gasteiger partial charge on any atom is 0.258 e. The van der Waals surface area contributed by atoms with E-state index in [-0.39, 0.29) is 42.1 Å². The Balaban J connectivity index is 0.00000204. The van der Waals surface area contributed by atoms with Crippen molar-refractivity contribution in [1.82, 2.24) is 9.88 Å². The Morgan fingerprint density at radius 3 is 2.26 bits per heavy atom. The van der Waals surface area contributed by atoms with E-state index in [2.05, 4.69) is 5.32 Å². The van der Waals surface area contributed by atoms with Crippen LogP contribution in [0.4, 0.5) is 0 Å². The SMILES string of the molecule is Cl.Cl.NCCCCC(N)C(=O)NCCCn1c2c(c3ccccc3c1=O)C(=O)c1ccccc1-2. The molecule has 0 saturated heterocycles. The summed E-state index contributed by atoms with van der Waals surface area (Å²) in [6.45, 7) is 1.37. The molecule has 1 heterocycles. The molecule has 5 N–H and O–H groups in total. The van der Waals surface area contributed by atoms with Crippen LogP contribution in [0.15, 0.2) is 53.3 Å². The molecule has 1 atom stereocenters. The lowest BCUT2D eigenvalue weighted by Gasteiger charge is -2.16. The van der Waals surface area contributed by atoms with E-state index in [1.54, 1.807) is 22.8 Å². The van der Waals surface area contributed by atoms with E-state index in [1.165, 1.54) is 0 Å². The molecule has 2 aromatic carbocycles. The van der Waals surface area contributed by atoms with Crippen LogP contribution in [0.25, 0.3) is 22.0 Å². The second-order valence-electron chi connectivity index (χ2n) is 8.14. The van der Waals surface area contributed by atoms with E-state index in [0.29, 0.717) is 60.1 Å². The number of carbonyl (C=O) groups is 2. The molecule has 0 aliphatic heterocycles. The van der Waals surface area contributed by atoms with E-state index in [1.807, 2.05) is 30.3 Å². The Labute approximate surface area is 210 Å². The Bertz CT molecular complexity index is 1240. The van der Waals surface area contributed by atoms with Crippen LogP contribution in [0.2, 0.25) is 0 Å². The fourth-order valence-corrected chi connectivity index (χ4v) is 4.36. The predicted octanol–water partition coefficient (Wildman–Crippen LogP) is 3.02. The second kappa shape index (κ2) is 12.1. The first-order chi connectivity index (χ1) is 15.5. The number of nitrogens with zero attached hydrogens (tertiary/aromatic N) is 1. The molecule has 1 aliphatic carbocycles. The predicted molar refractivity (Wildman–Crippen MR) is 140 cm³/mol. The minimum Gasteiger partial charge on any atom is -0.355 e. The number of rotatable bonds is 9. The van der Waals surface area contributed by atoms with Crippen LogP contribution in [0, 0.1) is 0 Å². The van der Waals surface area contributed by atoms with E-state index < -0.39 is 6.04 Å². The molecule has 7 nitrogen and oxygen atoms in total. The number of nitrogens with one attached hydrogen (secondary N) is 1. The summed E-state index contributed by atoms with van der Waals surface area (Å²) in [6, 6.07) is 14.1. The van der Waals surface area contributed by atoms with Crippen LogP contribution in [0.3, 0.4) is 0 Å². The number of aromatic nitrogens is 1. The first-order valence-corrected chi connectivity index (χ1v) is 11.1. The molecule has 4 rings (SSSR count). The van der Waals surface area contributed by atoms with Crippen molar-refractivity contribution in [2.75, 3.05) is 13.1 Å². The molecule has 9 heteroatoms. The molecule has 0 fully saturated rings. The first-order valence-electron chi connectivity index (χ1n) is 11.1. The monoisotopic (exact) mass is 504 g/mol. The fourth-order valence-electron chi connectivity index (χ4n) is 4.36. The number of pyridine rings is 1. The van der Waals surface area contributed by atoms with Crippen LogP contribution in [0.1, 0.15) is 41.6 Å². The topological polar surface area (TPSA) is 120 Å². The van der Waals surface area contributed by atoms with E-state index in [9.17, 15) is 14.4 Å². The van der Waals surface area contributed by atoms with Crippen LogP contribution >= 0.6 is 24.8 Å². The third-order valence-electron chi connectivity index (χ3n) is 6.00. The number of halogens is 2. The average Bonchev–Trinajstić information content (AvgIpc) is 3.11. The molecule has 0 radical (unpaired) electrons. The van der Waals surface area contributed by atoms with Gasteiger partial charge < -0.3 is 21.4 Å². The van der Waals surface area contributed by atoms with Gasteiger partial charge in [-0.05, 0) is 31.9 Å². The van der Waals surface area contributed by atoms with Crippen molar-refractivity contribution in [3.63, 3.8) is 0 Å². The summed E-state index contributed by atoms with van der Waals surface area (Å²) in [4.78, 5) is 38.7. The van der Waals surface area contributed by atoms with Crippen LogP contribution < -0.4 is 22.3 Å². The molecule has 1 amide bonds. The number of hydrogen-bond acceptors (Lipinski definition) is 5. The zero-order valence-corrected chi connectivity index (χ0v) is 20.4. The van der Waals surface area contributed by atoms with Crippen molar-refractivity contribution in [3.05, 3.63) is 70.0 Å². The summed E-state index contributed by atoms with van der Waals surface area (Å²) < 4.78 is 1.68. The third kappa shape index (κ3) is 5.18. The van der Waals surface area contributed by atoms with Gasteiger partial charge in [0.15, 0.2) is 5.78 Å². The largest absolute Gasteiger partial charge is 0.355 e. The van der Waals surface area contributed by atoms with Gasteiger partial charge in [-0.15, -0.1) is 24.8 Å². The number of benzene rings is 2. The zero-order chi connectivity index (χ0) is 22.7. The smallest absolute Gasteiger partial charge is 0.258 e. The Kier molecular flexibility index (Phi) is 9.82. The number of nitrogens with two attached hydrogens (primary N) is 2. The number of ketones is 1. The normalized spacial score (nSPS) is 12.4. The molecule has 0 spiro atoms. The van der Waals surface area contributed by atoms with E-state index in [4.69, 9.17) is 11.5 Å². The van der Waals surface area contributed by atoms with Crippen LogP contribution in [-0.4, -0.2) is 35.4 Å². The van der Waals surface area contributed by atoms with Crippen LogP contribution in [-0.2, 0) is 11.3 Å². The molecular formula is C25H30Cl2N4O3. The van der Waals surface area contributed by atoms with Crippen molar-refractivity contribution in [2.45, 2.75) is 38.3 Å². The van der Waals surface area contributed by atoms with Gasteiger partial charge in [-0.1, -0.05) is 48.9 Å². The number of unbranched alkanes of at least 4 members (excludes halogenated alkanes) is 1. The molecule has 0 bridgehead atoms. The minimum atomic E-state index is -0.557. The first kappa shape index (κ1) is 27.5. The van der Waals surface area contributed by atoms with Crippen molar-refractivity contribution >= 4 is 47.3 Å². The van der Waals surface area contributed by atoms with Crippen molar-refractivity contribution in [3.8, 4) is 11.3 Å². The van der Waals surface area contributed by atoms with Gasteiger partial charge in [0.05, 0.1) is 17.3 Å². The molecular weight excluding hydrogens is 475 g/mol. The number of amides is 1. The number of fused-ring (bicyclic) bond motifs is 5. The van der Waals surface area contributed by atoms with Gasteiger partial charge >= 0.3 is 0 Å². The van der Waals surface area contributed by atoms with E-state index in [0.717, 1.165) is 18.4 Å². The minimum absolute atomic E-state index is 0. The van der Waals surface area contributed by atoms with Gasteiger partial charge in [-0.3, -0.25) is 14.4 Å². The van der Waals surface area contributed by atoms with Crippen molar-refractivity contribution in [2.24, 2.45) is 11.5 Å². The fraction of sp³-hybridized carbons (Fsp3) is 0.320. The standard InChI is InChI=1S/C25H28N4O3.2ClH/c26-13-6-5-12-20(27)24(31)28-14-7-15-29-22-17-9-2-3-10-18(17)23(30)21(22)16-8-1-4-11-19(16)25(29)32;;/h1-4,8-11,20H,5-7,12-15,26-27H2,(H,28,31);2*1H. The highest BCUT2D eigenvalue weighted by Crippen LogP contribution is 2.39. The number of carbonyl (C=O) groups excluding carboxylic acids is 2. The maximum absolute atomic E-state index is 13.3. The summed E-state index contributed by atoms with van der Waals surface area (Å²) >= 11 is 0. The summed E-state index contributed by atoms with van der Waals surface area (Å²) in [7, 11) is 0. The van der Waals surface area contributed by atoms with E-state index >= 15 is 0 Å². The maximum atomic E-state index is 13.3. The molecule has 1 aliphatic rings. The Morgan fingerprint density at radius 1 is 0.912 bits per heavy atom. The highest BCUT2D eigenvalue weighted by molar-refractivity contribution is 6.26. The van der Waals surface area contributed by atoms with Gasteiger partial charge in [-0.2, -0.15) is 0 Å². The summed E-state index contributed by atoms with van der Waals surface area (Å²) in [5.74, 6) is -0.254. The molecule has 182 valence electrons. The quantitative estimate of drug-likeness (QED) is 0.302. The van der Waals surface area contributed by atoms with Gasteiger partial charge in [-0.25, -0.2) is 0 Å². The third-order valence-corrected chi connectivity index (χ3v) is 6.00. The molecule has 1 aromatic heterocycles. The van der Waals surface area contributed by atoms with Crippen LogP contribution in [0.5, 0.6) is 0 Å². The highest BCUT2D eigenvalue weighted by atomic mass is 35.5. The second-order valence-corrected chi connectivity index (χ2v) is 8.14. The van der Waals surface area contributed by atoms with Gasteiger partial charge in [0, 0.05) is 35.0 Å². The lowest BCUT2D eigenvalue weighted by Crippen LogP contribution is -2.41. The van der Waals surface area contributed by atoms with Gasteiger partial charge in [0.2, 0.25) is 5.91 Å². The lowest BCUT2D eigenvalue weighted by atomic mass is 10.0. The summed E-state index contributed by atoms with van der Waals surface area (Å²) in [5, 5.41) is 4.06. The molecule has 3 aromatic rings. The number of hydrogen-bond donors (Lipinski definition) is 3. The van der Waals surface area contributed by atoms with Gasteiger partial charge in [0.25, 0.3) is 5.56 Å². The lowest BCUT2D eigenvalue weighted by molar-refractivity contribution is -0.122. The Hall–Kier alpha value is -2.71. The molecule has 1 unspecified atom stereocenters. The summed E-state index contributed by atoms with van der Waals surface area (Å²) in [5.41, 5.74) is 13.9. The average molecular weight is 505 g/mol. The zero-order valence-electron chi connectivity index (χ0n) is 18.8. The Morgan fingerprint density at radius 2 is 1.56 bits per heavy atom. The highest BCUT2D eigenvalue weighted by Gasteiger charge is 2.32. The van der Waals surface area contributed by atoms with Gasteiger partial charge in [0.1, 0.15) is 0 Å². The molecule has 34 heavy (non-hydrogen) atoms. The summed E-state index contributed by atoms with van der Waals surface area (Å²) in [6.07, 6.45) is 2.80.